The highest BCUT2D eigenvalue weighted by atomic mass is 16.5. The maximum atomic E-state index is 11.9. The molecule has 2 rings (SSSR count). The number of rotatable bonds is 9. The lowest BCUT2D eigenvalue weighted by molar-refractivity contribution is 0.0955. The molecule has 0 saturated carbocycles. The van der Waals surface area contributed by atoms with Crippen molar-refractivity contribution in [1.82, 2.24) is 5.32 Å². The van der Waals surface area contributed by atoms with Crippen LogP contribution in [0, 0.1) is 6.92 Å². The maximum absolute atomic E-state index is 11.9. The lowest BCUT2D eigenvalue weighted by atomic mass is 10.0. The van der Waals surface area contributed by atoms with E-state index in [-0.39, 0.29) is 5.91 Å². The number of carbonyl (C=O) groups is 1. The third-order valence-corrected chi connectivity index (χ3v) is 4.36. The van der Waals surface area contributed by atoms with Crippen molar-refractivity contribution in [3.05, 3.63) is 64.2 Å². The quantitative estimate of drug-likeness (QED) is 0.724. The summed E-state index contributed by atoms with van der Waals surface area (Å²) in [5.41, 5.74) is 5.21. The number of hydrogen-bond donors (Lipinski definition) is 1. The minimum Gasteiger partial charge on any atom is -0.489 e. The fourth-order valence-electron chi connectivity index (χ4n) is 2.99. The molecule has 1 amide bonds. The average Bonchev–Trinajstić information content (AvgIpc) is 2.63. The summed E-state index contributed by atoms with van der Waals surface area (Å²) >= 11 is 0. The topological polar surface area (TPSA) is 47.6 Å². The monoisotopic (exact) mass is 355 g/mol. The van der Waals surface area contributed by atoms with Crippen molar-refractivity contribution < 1.29 is 14.3 Å². The number of aryl methyl sites for hydroxylation is 1. The molecule has 0 aromatic heterocycles. The summed E-state index contributed by atoms with van der Waals surface area (Å²) < 4.78 is 11.4. The van der Waals surface area contributed by atoms with Crippen molar-refractivity contribution in [1.29, 1.82) is 0 Å². The molecule has 0 aliphatic heterocycles. The van der Waals surface area contributed by atoms with Crippen LogP contribution in [0.2, 0.25) is 0 Å². The van der Waals surface area contributed by atoms with Crippen LogP contribution < -0.4 is 10.1 Å². The molecule has 26 heavy (non-hydrogen) atoms. The van der Waals surface area contributed by atoms with Gasteiger partial charge in [-0.05, 0) is 60.7 Å². The first-order valence-electron chi connectivity index (χ1n) is 9.20. The molecular weight excluding hydrogens is 326 g/mol. The van der Waals surface area contributed by atoms with Gasteiger partial charge < -0.3 is 14.8 Å². The molecule has 4 nitrogen and oxygen atoms in total. The highest BCUT2D eigenvalue weighted by Crippen LogP contribution is 2.26. The van der Waals surface area contributed by atoms with Gasteiger partial charge in [0.25, 0.3) is 5.91 Å². The Bertz CT molecular complexity index is 740. The van der Waals surface area contributed by atoms with E-state index in [4.69, 9.17) is 9.47 Å². The lowest BCUT2D eigenvalue weighted by Gasteiger charge is -2.16. The van der Waals surface area contributed by atoms with E-state index < -0.39 is 0 Å². The third-order valence-electron chi connectivity index (χ3n) is 4.36. The molecule has 0 fully saturated rings. The summed E-state index contributed by atoms with van der Waals surface area (Å²) in [6.45, 7) is 7.79. The van der Waals surface area contributed by atoms with Gasteiger partial charge in [0.2, 0.25) is 0 Å². The first kappa shape index (κ1) is 20.0. The van der Waals surface area contributed by atoms with E-state index in [0.29, 0.717) is 25.3 Å². The molecule has 0 heterocycles. The molecule has 0 spiro atoms. The van der Waals surface area contributed by atoms with Crippen LogP contribution in [0.5, 0.6) is 5.75 Å². The summed E-state index contributed by atoms with van der Waals surface area (Å²) in [4.78, 5) is 11.9. The van der Waals surface area contributed by atoms with Gasteiger partial charge in [0.1, 0.15) is 12.4 Å². The predicted molar refractivity (Wildman–Crippen MR) is 105 cm³/mol. The molecule has 0 aliphatic rings. The van der Waals surface area contributed by atoms with E-state index >= 15 is 0 Å². The minimum atomic E-state index is -0.0411. The zero-order chi connectivity index (χ0) is 18.9. The number of hydrogen-bond acceptors (Lipinski definition) is 3. The molecule has 0 aliphatic carbocycles. The lowest BCUT2D eigenvalue weighted by Crippen LogP contribution is -2.22. The van der Waals surface area contributed by atoms with Crippen molar-refractivity contribution in [3.63, 3.8) is 0 Å². The summed E-state index contributed by atoms with van der Waals surface area (Å²) in [6.07, 6.45) is 2.02. The Hall–Kier alpha value is -2.33. The number of ether oxygens (including phenoxy) is 2. The summed E-state index contributed by atoms with van der Waals surface area (Å²) in [5, 5.41) is 2.82. The molecule has 0 atom stereocenters. The van der Waals surface area contributed by atoms with Gasteiger partial charge in [-0.2, -0.15) is 0 Å². The van der Waals surface area contributed by atoms with Crippen molar-refractivity contribution in [2.45, 2.75) is 46.8 Å². The van der Waals surface area contributed by atoms with E-state index in [1.807, 2.05) is 44.2 Å². The van der Waals surface area contributed by atoms with Gasteiger partial charge in [0, 0.05) is 19.2 Å². The molecule has 4 heteroatoms. The Morgan fingerprint density at radius 3 is 2.54 bits per heavy atom. The summed E-state index contributed by atoms with van der Waals surface area (Å²) in [6, 6.07) is 11.9. The SMILES string of the molecule is CCCc1c(COC)cccc1OCc1ccc(C(=O)NCC)cc1C. The Kier molecular flexibility index (Phi) is 7.67. The minimum absolute atomic E-state index is 0.0411. The molecule has 0 unspecified atom stereocenters. The van der Waals surface area contributed by atoms with Gasteiger partial charge in [-0.25, -0.2) is 0 Å². The van der Waals surface area contributed by atoms with Gasteiger partial charge in [-0.1, -0.05) is 31.5 Å². The van der Waals surface area contributed by atoms with Gasteiger partial charge in [-0.15, -0.1) is 0 Å². The normalized spacial score (nSPS) is 10.6. The standard InChI is InChI=1S/C22H29NO3/c1-5-8-20-19(14-25-4)9-7-10-21(20)26-15-18-12-11-17(13-16(18)3)22(24)23-6-2/h7,9-13H,5-6,8,14-15H2,1-4H3,(H,23,24). The van der Waals surface area contributed by atoms with Gasteiger partial charge in [-0.3, -0.25) is 4.79 Å². The molecule has 2 aromatic rings. The van der Waals surface area contributed by atoms with E-state index in [1.165, 1.54) is 11.1 Å². The first-order chi connectivity index (χ1) is 12.6. The van der Waals surface area contributed by atoms with E-state index in [2.05, 4.69) is 18.3 Å². The van der Waals surface area contributed by atoms with Crippen LogP contribution in [0.25, 0.3) is 0 Å². The molecule has 2 aromatic carbocycles. The van der Waals surface area contributed by atoms with Crippen LogP contribution in [0.1, 0.15) is 52.9 Å². The molecule has 0 bridgehead atoms. The molecule has 0 saturated heterocycles. The van der Waals surface area contributed by atoms with Crippen LogP contribution >= 0.6 is 0 Å². The Labute approximate surface area is 156 Å². The number of amides is 1. The van der Waals surface area contributed by atoms with E-state index in [1.54, 1.807) is 7.11 Å². The summed E-state index contributed by atoms with van der Waals surface area (Å²) in [5.74, 6) is 0.870. The number of nitrogens with one attached hydrogen (secondary N) is 1. The predicted octanol–water partition coefficient (Wildman–Crippen LogP) is 4.42. The third kappa shape index (κ3) is 5.09. The van der Waals surface area contributed by atoms with Crippen molar-refractivity contribution in [2.75, 3.05) is 13.7 Å². The van der Waals surface area contributed by atoms with Gasteiger partial charge >= 0.3 is 0 Å². The van der Waals surface area contributed by atoms with E-state index in [9.17, 15) is 4.79 Å². The zero-order valence-electron chi connectivity index (χ0n) is 16.2. The zero-order valence-corrected chi connectivity index (χ0v) is 16.2. The van der Waals surface area contributed by atoms with Crippen LogP contribution in [0.15, 0.2) is 36.4 Å². The fourth-order valence-corrected chi connectivity index (χ4v) is 2.99. The Morgan fingerprint density at radius 2 is 1.88 bits per heavy atom. The Morgan fingerprint density at radius 1 is 1.08 bits per heavy atom. The molecule has 140 valence electrons. The first-order valence-corrected chi connectivity index (χ1v) is 9.20. The average molecular weight is 355 g/mol. The second kappa shape index (κ2) is 9.97. The highest BCUT2D eigenvalue weighted by Gasteiger charge is 2.11. The van der Waals surface area contributed by atoms with Crippen LogP contribution in [0.3, 0.4) is 0 Å². The number of methoxy groups -OCH3 is 1. The van der Waals surface area contributed by atoms with Crippen LogP contribution in [-0.4, -0.2) is 19.6 Å². The second-order valence-corrected chi connectivity index (χ2v) is 6.37. The number of carbonyl (C=O) groups excluding carboxylic acids is 1. The largest absolute Gasteiger partial charge is 0.489 e. The van der Waals surface area contributed by atoms with Crippen LogP contribution in [-0.2, 0) is 24.4 Å². The summed E-state index contributed by atoms with van der Waals surface area (Å²) in [7, 11) is 1.71. The van der Waals surface area contributed by atoms with E-state index in [0.717, 1.165) is 29.7 Å². The van der Waals surface area contributed by atoms with Gasteiger partial charge in [0.15, 0.2) is 0 Å². The Balaban J connectivity index is 2.16. The van der Waals surface area contributed by atoms with Gasteiger partial charge in [0.05, 0.1) is 6.61 Å². The molecule has 1 N–H and O–H groups in total. The van der Waals surface area contributed by atoms with Crippen molar-refractivity contribution >= 4 is 5.91 Å². The number of benzene rings is 2. The maximum Gasteiger partial charge on any atom is 0.251 e. The molecule has 0 radical (unpaired) electrons. The molecular formula is C22H29NO3. The highest BCUT2D eigenvalue weighted by molar-refractivity contribution is 5.94. The van der Waals surface area contributed by atoms with Crippen molar-refractivity contribution in [2.24, 2.45) is 0 Å². The second-order valence-electron chi connectivity index (χ2n) is 6.37. The smallest absolute Gasteiger partial charge is 0.251 e. The van der Waals surface area contributed by atoms with Crippen LogP contribution in [0.4, 0.5) is 0 Å². The van der Waals surface area contributed by atoms with Crippen molar-refractivity contribution in [3.8, 4) is 5.75 Å². The fraction of sp³-hybridized carbons (Fsp3) is 0.409.